The summed E-state index contributed by atoms with van der Waals surface area (Å²) < 4.78 is 19.2. The number of benzene rings is 1. The molecule has 158 valence electrons. The Balaban J connectivity index is 1.44. The number of rotatable bonds is 5. The van der Waals surface area contributed by atoms with Gasteiger partial charge < -0.3 is 15.2 Å². The van der Waals surface area contributed by atoms with Gasteiger partial charge in [-0.1, -0.05) is 24.3 Å². The van der Waals surface area contributed by atoms with Crippen LogP contribution in [-0.2, 0) is 4.74 Å². The van der Waals surface area contributed by atoms with Crippen LogP contribution >= 0.6 is 0 Å². The molecule has 5 atom stereocenters. The fourth-order valence-corrected chi connectivity index (χ4v) is 5.17. The van der Waals surface area contributed by atoms with E-state index < -0.39 is 6.09 Å². The average molecular weight is 410 g/mol. The fourth-order valence-electron chi connectivity index (χ4n) is 5.17. The lowest BCUT2D eigenvalue weighted by atomic mass is 9.76. The summed E-state index contributed by atoms with van der Waals surface area (Å²) in [5.41, 5.74) is 2.55. The van der Waals surface area contributed by atoms with Crippen LogP contribution in [0.4, 0.5) is 9.18 Å². The van der Waals surface area contributed by atoms with E-state index in [9.17, 15) is 9.18 Å². The van der Waals surface area contributed by atoms with E-state index in [4.69, 9.17) is 9.84 Å². The van der Waals surface area contributed by atoms with E-state index in [0.29, 0.717) is 17.8 Å². The molecule has 2 N–H and O–H groups in total. The molecule has 1 unspecified atom stereocenters. The number of aromatic nitrogens is 1. The van der Waals surface area contributed by atoms with Crippen molar-refractivity contribution in [3.63, 3.8) is 0 Å². The molecule has 1 aromatic carbocycles. The predicted molar refractivity (Wildman–Crippen MR) is 113 cm³/mol. The first-order chi connectivity index (χ1) is 14.5. The van der Waals surface area contributed by atoms with Crippen molar-refractivity contribution in [3.8, 4) is 11.1 Å². The SMILES string of the molecule is CO[C@H]1C[C@H]2CC(NC(=O)O)CC[C@H]2[C@@H]1/C=C/c1ccc(-c2cccc(F)c2)cn1. The molecule has 5 nitrogen and oxygen atoms in total. The fraction of sp³-hybridized carbons (Fsp3) is 0.417. The van der Waals surface area contributed by atoms with Gasteiger partial charge in [-0.25, -0.2) is 9.18 Å². The van der Waals surface area contributed by atoms with Crippen LogP contribution in [0.3, 0.4) is 0 Å². The molecule has 1 aromatic heterocycles. The molecule has 30 heavy (non-hydrogen) atoms. The van der Waals surface area contributed by atoms with Gasteiger partial charge in [0.1, 0.15) is 5.82 Å². The lowest BCUT2D eigenvalue weighted by molar-refractivity contribution is 0.0778. The van der Waals surface area contributed by atoms with E-state index >= 15 is 0 Å². The lowest BCUT2D eigenvalue weighted by Crippen LogP contribution is -2.39. The number of carbonyl (C=O) groups is 1. The summed E-state index contributed by atoms with van der Waals surface area (Å²) in [6.45, 7) is 0. The van der Waals surface area contributed by atoms with Crippen LogP contribution in [0.15, 0.2) is 48.7 Å². The maximum Gasteiger partial charge on any atom is 0.404 e. The van der Waals surface area contributed by atoms with Gasteiger partial charge >= 0.3 is 6.09 Å². The Morgan fingerprint density at radius 3 is 2.80 bits per heavy atom. The standard InChI is InChI=1S/C24H27FN2O3/c1-30-23-13-17-12-20(27-24(28)29)8-9-21(17)22(23)10-7-19-6-5-16(14-26-19)15-3-2-4-18(25)11-15/h2-7,10-11,14,17,20-23,27H,8-9,12-13H2,1H3,(H,28,29)/b10-7+/t17-,20?,21-,22+,23+/m1/s1. The third-order valence-electron chi connectivity index (χ3n) is 6.56. The van der Waals surface area contributed by atoms with Crippen LogP contribution in [0.25, 0.3) is 17.2 Å². The van der Waals surface area contributed by atoms with Crippen LogP contribution in [0.5, 0.6) is 0 Å². The number of pyridine rings is 1. The summed E-state index contributed by atoms with van der Waals surface area (Å²) in [6.07, 6.45) is 8.91. The first kappa shape index (κ1) is 20.5. The van der Waals surface area contributed by atoms with Gasteiger partial charge in [0.2, 0.25) is 0 Å². The molecule has 2 aliphatic carbocycles. The number of hydrogen-bond donors (Lipinski definition) is 2. The molecule has 0 spiro atoms. The maximum atomic E-state index is 13.4. The minimum atomic E-state index is -0.941. The van der Waals surface area contributed by atoms with Crippen molar-refractivity contribution < 1.29 is 19.0 Å². The minimum absolute atomic E-state index is 0.0426. The third kappa shape index (κ3) is 4.54. The molecule has 2 aromatic rings. The van der Waals surface area contributed by atoms with E-state index in [2.05, 4.69) is 16.4 Å². The quantitative estimate of drug-likeness (QED) is 0.729. The highest BCUT2D eigenvalue weighted by atomic mass is 19.1. The van der Waals surface area contributed by atoms with Gasteiger partial charge in [-0.05, 0) is 67.4 Å². The molecule has 1 amide bonds. The van der Waals surface area contributed by atoms with Gasteiger partial charge in [0.25, 0.3) is 0 Å². The number of nitrogens with zero attached hydrogens (tertiary/aromatic N) is 1. The van der Waals surface area contributed by atoms with Crippen molar-refractivity contribution in [2.75, 3.05) is 7.11 Å². The van der Waals surface area contributed by atoms with Gasteiger partial charge in [0, 0.05) is 30.8 Å². The number of ether oxygens (including phenoxy) is 1. The molecule has 2 saturated carbocycles. The molecule has 0 bridgehead atoms. The van der Waals surface area contributed by atoms with Crippen LogP contribution < -0.4 is 5.32 Å². The average Bonchev–Trinajstić information content (AvgIpc) is 3.09. The van der Waals surface area contributed by atoms with E-state index in [1.54, 1.807) is 19.4 Å². The van der Waals surface area contributed by atoms with E-state index in [1.807, 2.05) is 24.3 Å². The maximum absolute atomic E-state index is 13.4. The zero-order valence-corrected chi connectivity index (χ0v) is 17.0. The zero-order valence-electron chi connectivity index (χ0n) is 17.0. The highest BCUT2D eigenvalue weighted by Gasteiger charge is 2.45. The van der Waals surface area contributed by atoms with Crippen LogP contribution in [0.1, 0.15) is 31.4 Å². The topological polar surface area (TPSA) is 71.5 Å². The highest BCUT2D eigenvalue weighted by molar-refractivity contribution is 5.65. The lowest BCUT2D eigenvalue weighted by Gasteiger charge is -2.33. The Bertz CT molecular complexity index is 915. The van der Waals surface area contributed by atoms with Crippen molar-refractivity contribution in [1.82, 2.24) is 10.3 Å². The van der Waals surface area contributed by atoms with Gasteiger partial charge in [0.05, 0.1) is 11.8 Å². The Morgan fingerprint density at radius 2 is 2.10 bits per heavy atom. The monoisotopic (exact) mass is 410 g/mol. The van der Waals surface area contributed by atoms with Crippen LogP contribution in [-0.4, -0.2) is 35.4 Å². The van der Waals surface area contributed by atoms with E-state index in [-0.39, 0.29) is 18.0 Å². The minimum Gasteiger partial charge on any atom is -0.465 e. The Hall–Kier alpha value is -2.73. The Labute approximate surface area is 176 Å². The van der Waals surface area contributed by atoms with Crippen molar-refractivity contribution in [2.24, 2.45) is 17.8 Å². The summed E-state index contributed by atoms with van der Waals surface area (Å²) in [6, 6.07) is 10.4. The van der Waals surface area contributed by atoms with Crippen LogP contribution in [0.2, 0.25) is 0 Å². The molecule has 0 aliphatic heterocycles. The first-order valence-electron chi connectivity index (χ1n) is 10.5. The third-order valence-corrected chi connectivity index (χ3v) is 6.56. The molecule has 2 fully saturated rings. The number of carboxylic acid groups (broad SMARTS) is 1. The number of fused-ring (bicyclic) bond motifs is 1. The number of nitrogens with one attached hydrogen (secondary N) is 1. The summed E-state index contributed by atoms with van der Waals surface area (Å²) in [5, 5.41) is 11.6. The largest absolute Gasteiger partial charge is 0.465 e. The summed E-state index contributed by atoms with van der Waals surface area (Å²) in [7, 11) is 1.75. The zero-order chi connectivity index (χ0) is 21.1. The first-order valence-corrected chi connectivity index (χ1v) is 10.5. The second kappa shape index (κ2) is 8.96. The molecular formula is C24H27FN2O3. The molecule has 0 radical (unpaired) electrons. The molecular weight excluding hydrogens is 383 g/mol. The van der Waals surface area contributed by atoms with Gasteiger partial charge in [0.15, 0.2) is 0 Å². The number of halogens is 1. The summed E-state index contributed by atoms with van der Waals surface area (Å²) in [4.78, 5) is 15.5. The number of hydrogen-bond acceptors (Lipinski definition) is 3. The van der Waals surface area contributed by atoms with Gasteiger partial charge in [-0.15, -0.1) is 0 Å². The van der Waals surface area contributed by atoms with Crippen molar-refractivity contribution in [2.45, 2.75) is 37.8 Å². The number of methoxy groups -OCH3 is 1. The smallest absolute Gasteiger partial charge is 0.404 e. The molecule has 0 saturated heterocycles. The van der Waals surface area contributed by atoms with Crippen molar-refractivity contribution in [1.29, 1.82) is 0 Å². The van der Waals surface area contributed by atoms with Crippen molar-refractivity contribution >= 4 is 12.2 Å². The van der Waals surface area contributed by atoms with Gasteiger partial charge in [-0.2, -0.15) is 0 Å². The second-order valence-corrected chi connectivity index (χ2v) is 8.31. The van der Waals surface area contributed by atoms with E-state index in [0.717, 1.165) is 42.5 Å². The van der Waals surface area contributed by atoms with Gasteiger partial charge in [-0.3, -0.25) is 4.98 Å². The number of amides is 1. The Morgan fingerprint density at radius 1 is 1.23 bits per heavy atom. The van der Waals surface area contributed by atoms with E-state index in [1.165, 1.54) is 12.1 Å². The van der Waals surface area contributed by atoms with Crippen molar-refractivity contribution in [3.05, 3.63) is 60.2 Å². The highest BCUT2D eigenvalue weighted by Crippen LogP contribution is 2.47. The Kier molecular flexibility index (Phi) is 6.13. The van der Waals surface area contributed by atoms with Crippen LogP contribution in [0, 0.1) is 23.6 Å². The second-order valence-electron chi connectivity index (χ2n) is 8.31. The summed E-state index contributed by atoms with van der Waals surface area (Å²) in [5.74, 6) is 1.02. The molecule has 1 heterocycles. The summed E-state index contributed by atoms with van der Waals surface area (Å²) >= 11 is 0. The molecule has 6 heteroatoms. The normalized spacial score (nSPS) is 28.4. The predicted octanol–water partition coefficient (Wildman–Crippen LogP) is 4.99. The molecule has 4 rings (SSSR count). The molecule has 2 aliphatic rings.